The largest absolute Gasteiger partial charge is 0.326 e. The van der Waals surface area contributed by atoms with E-state index in [0.717, 1.165) is 11.3 Å². The molecule has 98 valence electrons. The zero-order valence-electron chi connectivity index (χ0n) is 11.3. The van der Waals surface area contributed by atoms with Gasteiger partial charge in [-0.05, 0) is 36.8 Å². The van der Waals surface area contributed by atoms with Crippen molar-refractivity contribution in [3.63, 3.8) is 0 Å². The third-order valence-corrected chi connectivity index (χ3v) is 3.16. The van der Waals surface area contributed by atoms with Crippen molar-refractivity contribution in [1.29, 1.82) is 0 Å². The van der Waals surface area contributed by atoms with Crippen molar-refractivity contribution in [2.24, 2.45) is 5.73 Å². The maximum Gasteiger partial charge on any atom is 0.258 e. The highest BCUT2D eigenvalue weighted by Crippen LogP contribution is 2.16. The molecular weight excluding hydrogens is 236 g/mol. The fourth-order valence-electron chi connectivity index (χ4n) is 1.86. The van der Waals surface area contributed by atoms with Crippen LogP contribution in [0.1, 0.15) is 21.5 Å². The number of anilines is 1. The van der Waals surface area contributed by atoms with Crippen LogP contribution in [0.5, 0.6) is 0 Å². The first-order valence-corrected chi connectivity index (χ1v) is 6.25. The second-order valence-electron chi connectivity index (χ2n) is 4.60. The van der Waals surface area contributed by atoms with Gasteiger partial charge >= 0.3 is 0 Å². The van der Waals surface area contributed by atoms with E-state index in [1.807, 2.05) is 55.5 Å². The maximum absolute atomic E-state index is 12.3. The van der Waals surface area contributed by atoms with Crippen LogP contribution in [0.2, 0.25) is 0 Å². The highest BCUT2D eigenvalue weighted by molar-refractivity contribution is 6.05. The van der Waals surface area contributed by atoms with E-state index in [9.17, 15) is 4.79 Å². The highest BCUT2D eigenvalue weighted by Gasteiger charge is 2.12. The molecule has 0 bridgehead atoms. The smallest absolute Gasteiger partial charge is 0.258 e. The number of nitrogens with two attached hydrogens (primary N) is 1. The average Bonchev–Trinajstić information content (AvgIpc) is 2.46. The quantitative estimate of drug-likeness (QED) is 0.915. The molecule has 0 aliphatic carbocycles. The number of rotatable bonds is 3. The molecular formula is C16H18N2O. The van der Waals surface area contributed by atoms with E-state index in [4.69, 9.17) is 5.73 Å². The van der Waals surface area contributed by atoms with E-state index < -0.39 is 0 Å². The summed E-state index contributed by atoms with van der Waals surface area (Å²) in [5.74, 6) is -0.0209. The number of hydrogen-bond donors (Lipinski definition) is 1. The van der Waals surface area contributed by atoms with Crippen molar-refractivity contribution in [3.05, 3.63) is 65.2 Å². The van der Waals surface area contributed by atoms with Crippen LogP contribution in [0.25, 0.3) is 0 Å². The topological polar surface area (TPSA) is 46.3 Å². The van der Waals surface area contributed by atoms with Crippen LogP contribution in [0.4, 0.5) is 5.69 Å². The van der Waals surface area contributed by atoms with Gasteiger partial charge in [0.05, 0.1) is 0 Å². The van der Waals surface area contributed by atoms with Crippen LogP contribution < -0.4 is 10.6 Å². The van der Waals surface area contributed by atoms with E-state index in [-0.39, 0.29) is 5.91 Å². The number of nitrogens with zero attached hydrogens (tertiary/aromatic N) is 1. The van der Waals surface area contributed by atoms with Crippen molar-refractivity contribution in [2.45, 2.75) is 13.5 Å². The Bertz CT molecular complexity index is 558. The molecule has 0 saturated heterocycles. The Hall–Kier alpha value is -2.13. The molecule has 1 amide bonds. The monoisotopic (exact) mass is 254 g/mol. The summed E-state index contributed by atoms with van der Waals surface area (Å²) in [7, 11) is 1.78. The fourth-order valence-corrected chi connectivity index (χ4v) is 1.86. The zero-order chi connectivity index (χ0) is 13.8. The molecule has 0 saturated carbocycles. The molecule has 2 N–H and O–H groups in total. The number of benzene rings is 2. The minimum absolute atomic E-state index is 0.0209. The molecule has 0 fully saturated rings. The number of hydrogen-bond acceptors (Lipinski definition) is 2. The van der Waals surface area contributed by atoms with E-state index in [0.29, 0.717) is 12.1 Å². The summed E-state index contributed by atoms with van der Waals surface area (Å²) in [6, 6.07) is 15.3. The van der Waals surface area contributed by atoms with Crippen molar-refractivity contribution < 1.29 is 4.79 Å². The standard InChI is InChI=1S/C16H18N2O/c1-12-3-9-15(10-4-12)18(2)16(19)14-7-5-13(11-17)6-8-14/h3-10H,11,17H2,1-2H3. The van der Waals surface area contributed by atoms with E-state index >= 15 is 0 Å². The summed E-state index contributed by atoms with van der Waals surface area (Å²) in [5.41, 5.74) is 9.30. The lowest BCUT2D eigenvalue weighted by Crippen LogP contribution is -2.26. The minimum atomic E-state index is -0.0209. The van der Waals surface area contributed by atoms with Crippen LogP contribution in [0.3, 0.4) is 0 Å². The first kappa shape index (κ1) is 13.3. The molecule has 3 heteroatoms. The maximum atomic E-state index is 12.3. The Morgan fingerprint density at radius 1 is 1.05 bits per heavy atom. The number of aryl methyl sites for hydroxylation is 1. The van der Waals surface area contributed by atoms with Gasteiger partial charge in [-0.25, -0.2) is 0 Å². The van der Waals surface area contributed by atoms with Crippen LogP contribution in [0, 0.1) is 6.92 Å². The SMILES string of the molecule is Cc1ccc(N(C)C(=O)c2ccc(CN)cc2)cc1. The minimum Gasteiger partial charge on any atom is -0.326 e. The van der Waals surface area contributed by atoms with Crippen molar-refractivity contribution in [1.82, 2.24) is 0 Å². The molecule has 0 unspecified atom stereocenters. The van der Waals surface area contributed by atoms with Crippen LogP contribution in [-0.4, -0.2) is 13.0 Å². The van der Waals surface area contributed by atoms with Crippen LogP contribution in [-0.2, 0) is 6.54 Å². The highest BCUT2D eigenvalue weighted by atomic mass is 16.2. The molecule has 0 aliphatic rings. The van der Waals surface area contributed by atoms with Gasteiger partial charge in [0.25, 0.3) is 5.91 Å². The van der Waals surface area contributed by atoms with Crippen LogP contribution >= 0.6 is 0 Å². The van der Waals surface area contributed by atoms with E-state index in [1.54, 1.807) is 11.9 Å². The molecule has 0 aromatic heterocycles. The molecule has 19 heavy (non-hydrogen) atoms. The summed E-state index contributed by atoms with van der Waals surface area (Å²) >= 11 is 0. The van der Waals surface area contributed by atoms with Gasteiger partial charge in [0.15, 0.2) is 0 Å². The Morgan fingerprint density at radius 2 is 1.63 bits per heavy atom. The predicted molar refractivity (Wildman–Crippen MR) is 78.2 cm³/mol. The molecule has 0 spiro atoms. The molecule has 2 rings (SSSR count). The lowest BCUT2D eigenvalue weighted by atomic mass is 10.1. The number of carbonyl (C=O) groups excluding carboxylic acids is 1. The Balaban J connectivity index is 2.20. The number of carbonyl (C=O) groups is 1. The molecule has 2 aromatic carbocycles. The van der Waals surface area contributed by atoms with Gasteiger partial charge in [-0.2, -0.15) is 0 Å². The van der Waals surface area contributed by atoms with Gasteiger partial charge in [-0.3, -0.25) is 4.79 Å². The molecule has 0 atom stereocenters. The first-order chi connectivity index (χ1) is 9.11. The molecule has 0 radical (unpaired) electrons. The lowest BCUT2D eigenvalue weighted by Gasteiger charge is -2.17. The van der Waals surface area contributed by atoms with Crippen LogP contribution in [0.15, 0.2) is 48.5 Å². The summed E-state index contributed by atoms with van der Waals surface area (Å²) in [5, 5.41) is 0. The summed E-state index contributed by atoms with van der Waals surface area (Å²) in [6.07, 6.45) is 0. The lowest BCUT2D eigenvalue weighted by molar-refractivity contribution is 0.0993. The van der Waals surface area contributed by atoms with Gasteiger partial charge in [0.2, 0.25) is 0 Å². The normalized spacial score (nSPS) is 10.3. The van der Waals surface area contributed by atoms with Gasteiger partial charge in [0.1, 0.15) is 0 Å². The predicted octanol–water partition coefficient (Wildman–Crippen LogP) is 2.73. The van der Waals surface area contributed by atoms with Gasteiger partial charge < -0.3 is 10.6 Å². The fraction of sp³-hybridized carbons (Fsp3) is 0.188. The number of amides is 1. The Morgan fingerprint density at radius 3 is 2.16 bits per heavy atom. The third-order valence-electron chi connectivity index (χ3n) is 3.16. The van der Waals surface area contributed by atoms with E-state index in [2.05, 4.69) is 0 Å². The average molecular weight is 254 g/mol. The Kier molecular flexibility index (Phi) is 3.97. The Labute approximate surface area is 113 Å². The van der Waals surface area contributed by atoms with Crippen molar-refractivity contribution in [3.8, 4) is 0 Å². The first-order valence-electron chi connectivity index (χ1n) is 6.25. The van der Waals surface area contributed by atoms with Gasteiger partial charge in [-0.15, -0.1) is 0 Å². The molecule has 2 aromatic rings. The summed E-state index contributed by atoms with van der Waals surface area (Å²) in [6.45, 7) is 2.51. The van der Waals surface area contributed by atoms with Crippen molar-refractivity contribution >= 4 is 11.6 Å². The molecule has 3 nitrogen and oxygen atoms in total. The summed E-state index contributed by atoms with van der Waals surface area (Å²) in [4.78, 5) is 14.0. The zero-order valence-corrected chi connectivity index (χ0v) is 11.3. The third kappa shape index (κ3) is 3.01. The van der Waals surface area contributed by atoms with Crippen molar-refractivity contribution in [2.75, 3.05) is 11.9 Å². The second-order valence-corrected chi connectivity index (χ2v) is 4.60. The van der Waals surface area contributed by atoms with Gasteiger partial charge in [0, 0.05) is 24.8 Å². The second kappa shape index (κ2) is 5.67. The van der Waals surface area contributed by atoms with Gasteiger partial charge in [-0.1, -0.05) is 29.8 Å². The molecule has 0 heterocycles. The molecule has 0 aliphatic heterocycles. The van der Waals surface area contributed by atoms with E-state index in [1.165, 1.54) is 5.56 Å². The summed E-state index contributed by atoms with van der Waals surface area (Å²) < 4.78 is 0.